The molecule has 0 amide bonds. The number of unbranched alkanes of at least 4 members (excludes halogenated alkanes) is 3. The van der Waals surface area contributed by atoms with Crippen molar-refractivity contribution in [2.45, 2.75) is 95.0 Å². The molecule has 1 fully saturated rings. The first-order chi connectivity index (χ1) is 20.0. The van der Waals surface area contributed by atoms with Crippen LogP contribution in [-0.4, -0.2) is 24.8 Å². The molecule has 2 spiro atoms. The predicted octanol–water partition coefficient (Wildman–Crippen LogP) is 10.0. The normalized spacial score (nSPS) is 25.5. The largest absolute Gasteiger partial charge is 0.376 e. The Morgan fingerprint density at radius 2 is 1.55 bits per heavy atom. The topological polar surface area (TPSA) is 14.2 Å². The molecule has 0 N–H and O–H groups in total. The zero-order valence-corrected chi connectivity index (χ0v) is 27.7. The summed E-state index contributed by atoms with van der Waals surface area (Å²) in [5.41, 5.74) is 13.5. The molecule has 4 aromatic rings. The van der Waals surface area contributed by atoms with Crippen LogP contribution in [0.4, 0.5) is 0 Å². The molecular weight excluding hydrogens is 527 g/mol. The van der Waals surface area contributed by atoms with Crippen LogP contribution in [0.5, 0.6) is 0 Å². The molecule has 3 heteroatoms. The van der Waals surface area contributed by atoms with Crippen LogP contribution in [0.15, 0.2) is 72.8 Å². The van der Waals surface area contributed by atoms with Gasteiger partial charge in [0, 0.05) is 40.2 Å². The molecule has 2 heterocycles. The first-order valence-corrected chi connectivity index (χ1v) is 18.9. The lowest BCUT2D eigenvalue weighted by Crippen LogP contribution is -2.77. The highest BCUT2D eigenvalue weighted by Crippen LogP contribution is 2.74. The average molecular weight is 574 g/mol. The Morgan fingerprint density at radius 1 is 0.857 bits per heavy atom. The van der Waals surface area contributed by atoms with Crippen LogP contribution < -0.4 is 0 Å². The van der Waals surface area contributed by atoms with Gasteiger partial charge in [0.15, 0.2) is 0 Å². The van der Waals surface area contributed by atoms with E-state index < -0.39 is 8.07 Å². The van der Waals surface area contributed by atoms with Gasteiger partial charge >= 0.3 is 0 Å². The molecule has 3 atom stereocenters. The second-order valence-electron chi connectivity index (χ2n) is 14.7. The van der Waals surface area contributed by atoms with Gasteiger partial charge in [0.05, 0.1) is 19.4 Å². The number of fused-ring (bicyclic) bond motifs is 9. The third kappa shape index (κ3) is 3.65. The van der Waals surface area contributed by atoms with E-state index in [2.05, 4.69) is 126 Å². The summed E-state index contributed by atoms with van der Waals surface area (Å²) in [7, 11) is 0.232. The molecule has 1 aliphatic heterocycles. The Balaban J connectivity index is 1.35. The summed E-state index contributed by atoms with van der Waals surface area (Å²) in [6.07, 6.45) is 8.94. The Hall–Kier alpha value is -2.88. The second kappa shape index (κ2) is 9.56. The maximum Gasteiger partial charge on any atom is 0.0831 e. The van der Waals surface area contributed by atoms with E-state index in [4.69, 9.17) is 4.74 Å². The average Bonchev–Trinajstić information content (AvgIpc) is 3.54. The molecule has 0 saturated carbocycles. The highest BCUT2D eigenvalue weighted by Gasteiger charge is 2.76. The van der Waals surface area contributed by atoms with Crippen molar-refractivity contribution in [3.63, 3.8) is 0 Å². The van der Waals surface area contributed by atoms with E-state index in [0.717, 1.165) is 13.0 Å². The number of nitrogens with zero attached hydrogens (tertiary/aromatic N) is 1. The van der Waals surface area contributed by atoms with Gasteiger partial charge in [-0.25, -0.2) is 0 Å². The third-order valence-corrected chi connectivity index (χ3v) is 17.8. The van der Waals surface area contributed by atoms with E-state index in [1.165, 1.54) is 70.6 Å². The quantitative estimate of drug-likeness (QED) is 0.158. The zero-order valence-electron chi connectivity index (χ0n) is 26.7. The third-order valence-electron chi connectivity index (χ3n) is 11.3. The molecule has 42 heavy (non-hydrogen) atoms. The van der Waals surface area contributed by atoms with E-state index in [1.54, 1.807) is 16.7 Å². The fourth-order valence-corrected chi connectivity index (χ4v) is 16.0. The summed E-state index contributed by atoms with van der Waals surface area (Å²) < 4.78 is 8.55. The van der Waals surface area contributed by atoms with Gasteiger partial charge in [-0.3, -0.25) is 0 Å². The zero-order chi connectivity index (χ0) is 29.5. The molecule has 1 aromatic heterocycles. The number of hydrogen-bond donors (Lipinski definition) is 0. The fraction of sp³-hybridized carbons (Fsp3) is 0.436. The smallest absolute Gasteiger partial charge is 0.0831 e. The molecular formula is C39H47NOSi. The highest BCUT2D eigenvalue weighted by molar-refractivity contribution is 6.89. The maximum atomic E-state index is 6.04. The van der Waals surface area contributed by atoms with Crippen molar-refractivity contribution in [3.8, 4) is 11.3 Å². The molecule has 3 unspecified atom stereocenters. The Labute approximate surface area is 253 Å². The minimum atomic E-state index is -2.07. The summed E-state index contributed by atoms with van der Waals surface area (Å²) in [6, 6.07) is 27.3. The lowest BCUT2D eigenvalue weighted by molar-refractivity contribution is -0.00471. The van der Waals surface area contributed by atoms with Crippen molar-refractivity contribution < 1.29 is 4.74 Å². The van der Waals surface area contributed by atoms with E-state index in [9.17, 15) is 0 Å². The molecule has 0 radical (unpaired) electrons. The number of aryl methyl sites for hydroxylation is 2. The monoisotopic (exact) mass is 573 g/mol. The molecule has 2 nitrogen and oxygen atoms in total. The number of aromatic nitrogens is 1. The lowest BCUT2D eigenvalue weighted by atomic mass is 9.79. The van der Waals surface area contributed by atoms with Crippen molar-refractivity contribution in [1.82, 2.24) is 4.57 Å². The minimum absolute atomic E-state index is 0.0461. The molecule has 7 rings (SSSR count). The Kier molecular flexibility index (Phi) is 6.35. The van der Waals surface area contributed by atoms with E-state index in [1.807, 2.05) is 0 Å². The Morgan fingerprint density at radius 3 is 2.31 bits per heavy atom. The van der Waals surface area contributed by atoms with E-state index in [-0.39, 0.29) is 15.7 Å². The standard InChI is InChI=1S/C39H47NOSi/c1-27-20-21-34-31(24-27)35-36(40(34)6)30-17-11-13-19-33(30)39(35)26-38(25-28(2)29-16-10-12-18-32(29)38)42(39,7)23-15-9-8-14-22-41-37(3,4)5/h10-13,16-21,24-25H,8-9,14-15,22-23,26H2,1-7H3. The van der Waals surface area contributed by atoms with E-state index >= 15 is 0 Å². The van der Waals surface area contributed by atoms with Crippen LogP contribution in [0.2, 0.25) is 12.6 Å². The van der Waals surface area contributed by atoms with Crippen LogP contribution in [-0.2, 0) is 21.9 Å². The van der Waals surface area contributed by atoms with Crippen LogP contribution in [0, 0.1) is 6.92 Å². The summed E-state index contributed by atoms with van der Waals surface area (Å²) in [4.78, 5) is 0. The molecule has 3 aromatic carbocycles. The fourth-order valence-electron chi connectivity index (χ4n) is 9.43. The second-order valence-corrected chi connectivity index (χ2v) is 19.6. The van der Waals surface area contributed by atoms with Gasteiger partial charge in [0.1, 0.15) is 0 Å². The summed E-state index contributed by atoms with van der Waals surface area (Å²) in [5.74, 6) is 0. The molecule has 1 saturated heterocycles. The number of ether oxygens (including phenoxy) is 1. The van der Waals surface area contributed by atoms with Gasteiger partial charge in [-0.05, 0) is 87.4 Å². The van der Waals surface area contributed by atoms with Gasteiger partial charge in [-0.15, -0.1) is 0 Å². The van der Waals surface area contributed by atoms with Gasteiger partial charge in [0.2, 0.25) is 0 Å². The SMILES string of the molecule is CC1=CC2(CC3(c4ccccc4-c4c3c3cc(C)ccc3n4C)[Si]2(C)CCCCCCOC(C)(C)C)c2ccccc21. The van der Waals surface area contributed by atoms with Gasteiger partial charge in [-0.2, -0.15) is 0 Å². The summed E-state index contributed by atoms with van der Waals surface area (Å²) >= 11 is 0. The lowest BCUT2D eigenvalue weighted by Gasteiger charge is -2.68. The Bertz CT molecular complexity index is 1740. The van der Waals surface area contributed by atoms with Crippen molar-refractivity contribution in [2.24, 2.45) is 7.05 Å². The molecule has 218 valence electrons. The highest BCUT2D eigenvalue weighted by atomic mass is 28.3. The number of hydrogen-bond acceptors (Lipinski definition) is 1. The predicted molar refractivity (Wildman–Crippen MR) is 181 cm³/mol. The van der Waals surface area contributed by atoms with Crippen molar-refractivity contribution in [1.29, 1.82) is 0 Å². The number of rotatable bonds is 7. The number of benzene rings is 3. The van der Waals surface area contributed by atoms with Crippen LogP contribution >= 0.6 is 0 Å². The van der Waals surface area contributed by atoms with Crippen molar-refractivity contribution in [2.75, 3.05) is 6.61 Å². The van der Waals surface area contributed by atoms with Gasteiger partial charge in [0.25, 0.3) is 0 Å². The summed E-state index contributed by atoms with van der Waals surface area (Å²) in [6.45, 7) is 14.8. The van der Waals surface area contributed by atoms with E-state index in [0.29, 0.717) is 0 Å². The number of allylic oxidation sites excluding steroid dienone is 2. The molecule has 3 aliphatic rings. The van der Waals surface area contributed by atoms with Gasteiger partial charge < -0.3 is 9.30 Å². The minimum Gasteiger partial charge on any atom is -0.376 e. The summed E-state index contributed by atoms with van der Waals surface area (Å²) in [5, 5.41) is 1.79. The molecule has 2 aliphatic carbocycles. The van der Waals surface area contributed by atoms with Crippen LogP contribution in [0.3, 0.4) is 0 Å². The molecule has 0 bridgehead atoms. The van der Waals surface area contributed by atoms with Crippen LogP contribution in [0.25, 0.3) is 27.7 Å². The first kappa shape index (κ1) is 27.9. The van der Waals surface area contributed by atoms with Crippen molar-refractivity contribution >= 4 is 24.5 Å². The van der Waals surface area contributed by atoms with Gasteiger partial charge in [-0.1, -0.05) is 98.1 Å². The van der Waals surface area contributed by atoms with Crippen molar-refractivity contribution in [3.05, 3.63) is 101 Å². The maximum absolute atomic E-state index is 6.04. The first-order valence-electron chi connectivity index (χ1n) is 16.2. The van der Waals surface area contributed by atoms with Crippen LogP contribution in [0.1, 0.15) is 87.6 Å².